The molecule has 2 fully saturated rings. The van der Waals surface area contributed by atoms with Gasteiger partial charge in [-0.15, -0.1) is 0 Å². The average Bonchev–Trinajstić information content (AvgIpc) is 3.23. The Kier molecular flexibility index (Phi) is 3.37. The molecule has 5 heteroatoms. The molecule has 22 heavy (non-hydrogen) atoms. The van der Waals surface area contributed by atoms with E-state index in [1.807, 2.05) is 24.3 Å². The fourth-order valence-corrected chi connectivity index (χ4v) is 3.80. The summed E-state index contributed by atoms with van der Waals surface area (Å²) >= 11 is 0. The Hall–Kier alpha value is -1.88. The first-order valence-corrected chi connectivity index (χ1v) is 8.01. The van der Waals surface area contributed by atoms with Gasteiger partial charge >= 0.3 is 0 Å². The molecule has 1 aliphatic heterocycles. The number of carbonyl (C=O) groups excluding carboxylic acids is 1. The zero-order valence-corrected chi connectivity index (χ0v) is 12.5. The third kappa shape index (κ3) is 2.50. The van der Waals surface area contributed by atoms with Gasteiger partial charge in [-0.05, 0) is 31.4 Å². The molecular weight excluding hydrogens is 280 g/mol. The summed E-state index contributed by atoms with van der Waals surface area (Å²) in [6.07, 6.45) is 5.94. The topological polar surface area (TPSA) is 64.4 Å². The predicted octanol–water partition coefficient (Wildman–Crippen LogP) is 2.59. The highest BCUT2D eigenvalue weighted by molar-refractivity contribution is 5.86. The van der Waals surface area contributed by atoms with Gasteiger partial charge in [0, 0.05) is 5.39 Å². The maximum absolute atomic E-state index is 12.3. The van der Waals surface area contributed by atoms with E-state index in [-0.39, 0.29) is 24.0 Å². The Morgan fingerprint density at radius 2 is 2.14 bits per heavy atom. The maximum Gasteiger partial charge on any atom is 0.226 e. The molecule has 1 saturated heterocycles. The number of aromatic nitrogens is 1. The third-order valence-corrected chi connectivity index (χ3v) is 4.87. The lowest BCUT2D eigenvalue weighted by Crippen LogP contribution is -2.37. The van der Waals surface area contributed by atoms with E-state index >= 15 is 0 Å². The van der Waals surface area contributed by atoms with Gasteiger partial charge in [0.15, 0.2) is 5.58 Å². The SMILES string of the molecule is O=C(Cc1noc2ccccc12)NC1COC2(CCCC2)C1. The van der Waals surface area contributed by atoms with Crippen LogP contribution in [0.15, 0.2) is 28.8 Å². The van der Waals surface area contributed by atoms with E-state index in [4.69, 9.17) is 9.26 Å². The Balaban J connectivity index is 1.39. The molecule has 2 aromatic rings. The fourth-order valence-electron chi connectivity index (χ4n) is 3.80. The summed E-state index contributed by atoms with van der Waals surface area (Å²) in [5, 5.41) is 8.01. The predicted molar refractivity (Wildman–Crippen MR) is 81.4 cm³/mol. The molecule has 1 aliphatic carbocycles. The molecule has 2 aliphatic rings. The van der Waals surface area contributed by atoms with Crippen LogP contribution in [0.5, 0.6) is 0 Å². The lowest BCUT2D eigenvalue weighted by molar-refractivity contribution is -0.121. The van der Waals surface area contributed by atoms with Gasteiger partial charge in [0.1, 0.15) is 5.69 Å². The van der Waals surface area contributed by atoms with Crippen molar-refractivity contribution in [3.63, 3.8) is 0 Å². The number of ether oxygens (including phenoxy) is 1. The number of hydrogen-bond acceptors (Lipinski definition) is 4. The number of nitrogens with zero attached hydrogens (tertiary/aromatic N) is 1. The second-order valence-corrected chi connectivity index (χ2v) is 6.47. The molecule has 116 valence electrons. The van der Waals surface area contributed by atoms with Crippen LogP contribution in [0, 0.1) is 0 Å². The Morgan fingerprint density at radius 1 is 1.32 bits per heavy atom. The van der Waals surface area contributed by atoms with Crippen molar-refractivity contribution < 1.29 is 14.1 Å². The molecule has 5 nitrogen and oxygen atoms in total. The number of carbonyl (C=O) groups is 1. The molecule has 1 N–H and O–H groups in total. The van der Waals surface area contributed by atoms with Crippen molar-refractivity contribution in [2.24, 2.45) is 0 Å². The number of rotatable bonds is 3. The normalized spacial score (nSPS) is 23.4. The lowest BCUT2D eigenvalue weighted by atomic mass is 9.96. The molecular formula is C17H20N2O3. The van der Waals surface area contributed by atoms with Crippen LogP contribution >= 0.6 is 0 Å². The highest BCUT2D eigenvalue weighted by Crippen LogP contribution is 2.40. The Bertz CT molecular complexity index is 688. The first-order valence-electron chi connectivity index (χ1n) is 8.01. The van der Waals surface area contributed by atoms with E-state index in [1.54, 1.807) is 0 Å². The van der Waals surface area contributed by atoms with E-state index in [2.05, 4.69) is 10.5 Å². The molecule has 1 spiro atoms. The quantitative estimate of drug-likeness (QED) is 0.946. The lowest BCUT2D eigenvalue weighted by Gasteiger charge is -2.21. The van der Waals surface area contributed by atoms with Crippen LogP contribution in [0.25, 0.3) is 11.0 Å². The van der Waals surface area contributed by atoms with Gasteiger partial charge in [-0.2, -0.15) is 0 Å². The number of fused-ring (bicyclic) bond motifs is 1. The summed E-state index contributed by atoms with van der Waals surface area (Å²) in [4.78, 5) is 12.3. The highest BCUT2D eigenvalue weighted by Gasteiger charge is 2.42. The molecule has 2 heterocycles. The van der Waals surface area contributed by atoms with Crippen molar-refractivity contribution in [2.75, 3.05) is 6.61 Å². The summed E-state index contributed by atoms with van der Waals surface area (Å²) in [6, 6.07) is 7.74. The van der Waals surface area contributed by atoms with Crippen LogP contribution in [-0.2, 0) is 16.0 Å². The molecule has 4 rings (SSSR count). The van der Waals surface area contributed by atoms with E-state index < -0.39 is 0 Å². The van der Waals surface area contributed by atoms with Crippen LogP contribution in [0.4, 0.5) is 0 Å². The third-order valence-electron chi connectivity index (χ3n) is 4.87. The Labute approximate surface area is 129 Å². The molecule has 1 unspecified atom stereocenters. The van der Waals surface area contributed by atoms with Crippen molar-refractivity contribution in [1.82, 2.24) is 10.5 Å². The number of amides is 1. The van der Waals surface area contributed by atoms with Crippen LogP contribution in [0.3, 0.4) is 0 Å². The zero-order chi connectivity index (χ0) is 15.0. The largest absolute Gasteiger partial charge is 0.373 e. The number of nitrogens with one attached hydrogen (secondary N) is 1. The summed E-state index contributed by atoms with van der Waals surface area (Å²) in [7, 11) is 0. The molecule has 1 atom stereocenters. The number of para-hydroxylation sites is 1. The van der Waals surface area contributed by atoms with Crippen molar-refractivity contribution >= 4 is 16.9 Å². The second-order valence-electron chi connectivity index (χ2n) is 6.47. The Morgan fingerprint density at radius 3 is 3.00 bits per heavy atom. The van der Waals surface area contributed by atoms with Gasteiger partial charge in [0.05, 0.1) is 24.7 Å². The molecule has 0 radical (unpaired) electrons. The van der Waals surface area contributed by atoms with Gasteiger partial charge in [0.2, 0.25) is 5.91 Å². The summed E-state index contributed by atoms with van der Waals surface area (Å²) in [6.45, 7) is 0.630. The van der Waals surface area contributed by atoms with Gasteiger partial charge < -0.3 is 14.6 Å². The number of benzene rings is 1. The van der Waals surface area contributed by atoms with Gasteiger partial charge in [-0.25, -0.2) is 0 Å². The average molecular weight is 300 g/mol. The second kappa shape index (κ2) is 5.39. The first-order chi connectivity index (χ1) is 10.7. The van der Waals surface area contributed by atoms with E-state index in [0.29, 0.717) is 12.3 Å². The first kappa shape index (κ1) is 13.8. The molecule has 1 aromatic heterocycles. The fraction of sp³-hybridized carbons (Fsp3) is 0.529. The minimum Gasteiger partial charge on any atom is -0.373 e. The van der Waals surface area contributed by atoms with Crippen LogP contribution < -0.4 is 5.32 Å². The van der Waals surface area contributed by atoms with E-state index in [1.165, 1.54) is 12.8 Å². The maximum atomic E-state index is 12.3. The monoisotopic (exact) mass is 300 g/mol. The van der Waals surface area contributed by atoms with E-state index in [0.717, 1.165) is 30.2 Å². The highest BCUT2D eigenvalue weighted by atomic mass is 16.5. The molecule has 1 saturated carbocycles. The van der Waals surface area contributed by atoms with Crippen LogP contribution in [0.1, 0.15) is 37.8 Å². The van der Waals surface area contributed by atoms with Gasteiger partial charge in [0.25, 0.3) is 0 Å². The van der Waals surface area contributed by atoms with Crippen molar-refractivity contribution in [2.45, 2.75) is 50.2 Å². The van der Waals surface area contributed by atoms with Crippen LogP contribution in [-0.4, -0.2) is 29.3 Å². The number of hydrogen-bond donors (Lipinski definition) is 1. The van der Waals surface area contributed by atoms with Crippen LogP contribution in [0.2, 0.25) is 0 Å². The molecule has 1 amide bonds. The minimum atomic E-state index is -0.0114. The molecule has 1 aromatic carbocycles. The molecule has 0 bridgehead atoms. The minimum absolute atomic E-state index is 0.0114. The summed E-state index contributed by atoms with van der Waals surface area (Å²) < 4.78 is 11.2. The van der Waals surface area contributed by atoms with Crippen molar-refractivity contribution in [3.8, 4) is 0 Å². The van der Waals surface area contributed by atoms with Gasteiger partial charge in [-0.3, -0.25) is 4.79 Å². The zero-order valence-electron chi connectivity index (χ0n) is 12.5. The van der Waals surface area contributed by atoms with Gasteiger partial charge in [-0.1, -0.05) is 30.1 Å². The summed E-state index contributed by atoms with van der Waals surface area (Å²) in [5.41, 5.74) is 1.46. The smallest absolute Gasteiger partial charge is 0.226 e. The van der Waals surface area contributed by atoms with Crippen molar-refractivity contribution in [3.05, 3.63) is 30.0 Å². The van der Waals surface area contributed by atoms with E-state index in [9.17, 15) is 4.79 Å². The summed E-state index contributed by atoms with van der Waals surface area (Å²) in [5.74, 6) is -0.0114. The van der Waals surface area contributed by atoms with Crippen molar-refractivity contribution in [1.29, 1.82) is 0 Å². The standard InChI is InChI=1S/C17H20N2O3/c20-16(9-14-13-5-1-2-6-15(13)22-19-14)18-12-10-17(21-11-12)7-3-4-8-17/h1-2,5-6,12H,3-4,7-11H2,(H,18,20).